The first-order valence-corrected chi connectivity index (χ1v) is 9.46. The van der Waals surface area contributed by atoms with Gasteiger partial charge in [-0.3, -0.25) is 0 Å². The summed E-state index contributed by atoms with van der Waals surface area (Å²) in [6.07, 6.45) is 0. The van der Waals surface area contributed by atoms with Gasteiger partial charge < -0.3 is 19.5 Å². The van der Waals surface area contributed by atoms with Crippen LogP contribution in [0.15, 0.2) is 35.4 Å². The molecular formula is C16H22N3O5P. The van der Waals surface area contributed by atoms with Crippen LogP contribution in [0.1, 0.15) is 26.3 Å². The van der Waals surface area contributed by atoms with E-state index in [9.17, 15) is 9.59 Å². The zero-order valence-corrected chi connectivity index (χ0v) is 15.4. The minimum Gasteiger partial charge on any atom is -0.457 e. The summed E-state index contributed by atoms with van der Waals surface area (Å²) in [5.41, 5.74) is 6.54. The summed E-state index contributed by atoms with van der Waals surface area (Å²) in [4.78, 5) is 24.5. The van der Waals surface area contributed by atoms with Crippen LogP contribution in [0, 0.1) is 0 Å². The Bertz CT molecular complexity index is 723. The van der Waals surface area contributed by atoms with Gasteiger partial charge in [0.25, 0.3) is 7.49 Å². The summed E-state index contributed by atoms with van der Waals surface area (Å²) < 4.78 is 17.8. The number of hydrogen-bond acceptors (Lipinski definition) is 6. The van der Waals surface area contributed by atoms with E-state index in [1.165, 1.54) is 0 Å². The van der Waals surface area contributed by atoms with Gasteiger partial charge in [0.2, 0.25) is 0 Å². The molecule has 0 atom stereocenters. The van der Waals surface area contributed by atoms with Gasteiger partial charge >= 0.3 is 12.0 Å². The summed E-state index contributed by atoms with van der Waals surface area (Å²) >= 11 is 0. The molecule has 0 radical (unpaired) electrons. The van der Waals surface area contributed by atoms with Gasteiger partial charge in [-0.1, -0.05) is 30.3 Å². The molecule has 0 unspecified atom stereocenters. The summed E-state index contributed by atoms with van der Waals surface area (Å²) in [6.45, 7) is 5.59. The fourth-order valence-electron chi connectivity index (χ4n) is 2.41. The van der Waals surface area contributed by atoms with Crippen LogP contribution in [-0.2, 0) is 25.2 Å². The third kappa shape index (κ3) is 3.92. The molecule has 9 heteroatoms. The normalized spacial score (nSPS) is 15.9. The summed E-state index contributed by atoms with van der Waals surface area (Å²) in [7, 11) is -3.26. The first kappa shape index (κ1) is 19.2. The largest absolute Gasteiger partial charge is 0.457 e. The van der Waals surface area contributed by atoms with E-state index < -0.39 is 19.5 Å². The molecule has 0 saturated carbocycles. The fraction of sp³-hybridized carbons (Fsp3) is 0.375. The Morgan fingerprint density at radius 2 is 1.76 bits per heavy atom. The van der Waals surface area contributed by atoms with Crippen LogP contribution in [0.25, 0.3) is 0 Å². The van der Waals surface area contributed by atoms with Gasteiger partial charge in [-0.25, -0.2) is 9.59 Å². The summed E-state index contributed by atoms with van der Waals surface area (Å²) in [6, 6.07) is 8.42. The second-order valence-electron chi connectivity index (χ2n) is 5.08. The van der Waals surface area contributed by atoms with E-state index in [2.05, 4.69) is 5.10 Å². The highest BCUT2D eigenvalue weighted by Gasteiger charge is 2.45. The third-order valence-corrected chi connectivity index (χ3v) is 6.40. The highest BCUT2D eigenvalue weighted by Crippen LogP contribution is 2.58. The molecule has 0 fully saturated rings. The molecule has 0 bridgehead atoms. The molecule has 8 nitrogen and oxygen atoms in total. The van der Waals surface area contributed by atoms with E-state index >= 15 is 0 Å². The van der Waals surface area contributed by atoms with Gasteiger partial charge in [-0.15, -0.1) is 4.78 Å². The first-order valence-electron chi connectivity index (χ1n) is 7.88. The Morgan fingerprint density at radius 1 is 1.16 bits per heavy atom. The number of amides is 2. The number of benzene rings is 1. The maximum atomic E-state index is 12.7. The number of urea groups is 1. The van der Waals surface area contributed by atoms with Crippen molar-refractivity contribution >= 4 is 30.5 Å². The molecule has 1 aromatic rings. The van der Waals surface area contributed by atoms with Crippen molar-refractivity contribution in [2.75, 3.05) is 13.2 Å². The zero-order valence-electron chi connectivity index (χ0n) is 14.5. The third-order valence-electron chi connectivity index (χ3n) is 3.33. The van der Waals surface area contributed by atoms with E-state index in [-0.39, 0.29) is 25.1 Å². The lowest BCUT2D eigenvalue weighted by Crippen LogP contribution is -2.31. The highest BCUT2D eigenvalue weighted by molar-refractivity contribution is 7.70. The molecule has 2 amide bonds. The molecule has 0 aliphatic carbocycles. The average molecular weight is 367 g/mol. The quantitative estimate of drug-likeness (QED) is 0.589. The van der Waals surface area contributed by atoms with Crippen LogP contribution in [0.5, 0.6) is 0 Å². The van der Waals surface area contributed by atoms with E-state index in [0.29, 0.717) is 5.71 Å². The fourth-order valence-corrected chi connectivity index (χ4v) is 5.11. The van der Waals surface area contributed by atoms with Crippen molar-refractivity contribution in [2.24, 2.45) is 10.8 Å². The Kier molecular flexibility index (Phi) is 6.36. The molecule has 0 saturated heterocycles. The van der Waals surface area contributed by atoms with Crippen LogP contribution in [-0.4, -0.2) is 41.0 Å². The molecular weight excluding hydrogens is 345 g/mol. The second kappa shape index (κ2) is 8.29. The molecule has 2 rings (SSSR count). The van der Waals surface area contributed by atoms with Crippen LogP contribution < -0.4 is 5.73 Å². The minimum absolute atomic E-state index is 0.0886. The molecule has 0 spiro atoms. The number of rotatable bonds is 7. The Hall–Kier alpha value is -2.15. The SMILES string of the molecule is CCOP1(OCC)=C(C(=O)OCc2ccccc2)C(C)=NN1C(N)=O. The van der Waals surface area contributed by atoms with E-state index in [0.717, 1.165) is 10.3 Å². The summed E-state index contributed by atoms with van der Waals surface area (Å²) in [5.74, 6) is -0.635. The molecule has 136 valence electrons. The van der Waals surface area contributed by atoms with E-state index in [1.807, 2.05) is 30.3 Å². The van der Waals surface area contributed by atoms with Crippen LogP contribution in [0.2, 0.25) is 0 Å². The number of primary amides is 1. The smallest absolute Gasteiger partial charge is 0.347 e. The van der Waals surface area contributed by atoms with Crippen molar-refractivity contribution in [3.8, 4) is 0 Å². The van der Waals surface area contributed by atoms with E-state index in [1.54, 1.807) is 20.8 Å². The number of hydrogen-bond donors (Lipinski definition) is 1. The number of esters is 1. The van der Waals surface area contributed by atoms with Crippen molar-refractivity contribution in [1.82, 2.24) is 4.78 Å². The maximum Gasteiger partial charge on any atom is 0.347 e. The first-order chi connectivity index (χ1) is 12.0. The number of carbonyl (C=O) groups is 2. The number of nitrogens with two attached hydrogens (primary N) is 1. The zero-order chi connectivity index (χ0) is 18.4. The van der Waals surface area contributed by atoms with Crippen molar-refractivity contribution in [3.63, 3.8) is 0 Å². The van der Waals surface area contributed by atoms with Crippen LogP contribution in [0.3, 0.4) is 0 Å². The highest BCUT2D eigenvalue weighted by atomic mass is 31.2. The molecule has 1 aromatic carbocycles. The Morgan fingerprint density at radius 3 is 2.28 bits per heavy atom. The van der Waals surface area contributed by atoms with Gasteiger partial charge in [0.1, 0.15) is 6.61 Å². The molecule has 25 heavy (non-hydrogen) atoms. The predicted molar refractivity (Wildman–Crippen MR) is 95.9 cm³/mol. The molecule has 1 aliphatic rings. The molecule has 2 N–H and O–H groups in total. The van der Waals surface area contributed by atoms with Crippen LogP contribution in [0.4, 0.5) is 4.79 Å². The Balaban J connectivity index is 2.39. The summed E-state index contributed by atoms with van der Waals surface area (Å²) in [5, 5.41) is 4.19. The number of ether oxygens (including phenoxy) is 1. The Labute approximate surface area is 146 Å². The number of carbonyl (C=O) groups excluding carboxylic acids is 2. The second-order valence-corrected chi connectivity index (χ2v) is 7.46. The average Bonchev–Trinajstić information content (AvgIpc) is 2.87. The lowest BCUT2D eigenvalue weighted by Gasteiger charge is -2.29. The maximum absolute atomic E-state index is 12.7. The van der Waals surface area contributed by atoms with E-state index in [4.69, 9.17) is 19.5 Å². The van der Waals surface area contributed by atoms with Crippen molar-refractivity contribution in [2.45, 2.75) is 27.4 Å². The van der Waals surface area contributed by atoms with Gasteiger partial charge in [0, 0.05) is 0 Å². The topological polar surface area (TPSA) is 103 Å². The molecule has 1 aliphatic heterocycles. The van der Waals surface area contributed by atoms with Gasteiger partial charge in [0.15, 0.2) is 5.29 Å². The van der Waals surface area contributed by atoms with Crippen molar-refractivity contribution in [3.05, 3.63) is 35.9 Å². The lowest BCUT2D eigenvalue weighted by atomic mass is 10.2. The standard InChI is InChI=1S/C16H22N3O5P/c1-4-23-25(24-5-2)14(12(3)18-19(25)16(17)21)15(20)22-11-13-9-7-6-8-10-13/h6-10H,4-5,11H2,1-3H3,(H2,17,21). The number of hydrazone groups is 1. The van der Waals surface area contributed by atoms with Gasteiger partial charge in [-0.2, -0.15) is 5.10 Å². The lowest BCUT2D eigenvalue weighted by molar-refractivity contribution is -0.136. The van der Waals surface area contributed by atoms with Crippen LogP contribution >= 0.6 is 7.49 Å². The predicted octanol–water partition coefficient (Wildman–Crippen LogP) is 2.51. The van der Waals surface area contributed by atoms with Gasteiger partial charge in [-0.05, 0) is 26.3 Å². The van der Waals surface area contributed by atoms with Crippen molar-refractivity contribution < 1.29 is 23.4 Å². The van der Waals surface area contributed by atoms with Gasteiger partial charge in [0.05, 0.1) is 18.9 Å². The number of nitrogens with zero attached hydrogens (tertiary/aromatic N) is 2. The molecule has 0 aromatic heterocycles. The molecule has 1 heterocycles. The monoisotopic (exact) mass is 367 g/mol. The minimum atomic E-state index is -3.26. The van der Waals surface area contributed by atoms with Crippen molar-refractivity contribution in [1.29, 1.82) is 0 Å².